The lowest BCUT2D eigenvalue weighted by Crippen LogP contribution is -2.54. The molecular weight excluding hydrogens is 573 g/mol. The minimum atomic E-state index is -0.942. The van der Waals surface area contributed by atoms with E-state index >= 15 is 0 Å². The molecule has 41 heavy (non-hydrogen) atoms. The normalized spacial score (nSPS) is 20.7. The lowest BCUT2D eigenvalue weighted by atomic mass is 10.1. The number of rotatable bonds is 11. The maximum absolute atomic E-state index is 13.3. The molecule has 4 rings (SSSR count). The van der Waals surface area contributed by atoms with Crippen molar-refractivity contribution in [1.29, 1.82) is 0 Å². The van der Waals surface area contributed by atoms with Gasteiger partial charge in [0.2, 0.25) is 18.1 Å². The Morgan fingerprint density at radius 2 is 1.90 bits per heavy atom. The van der Waals surface area contributed by atoms with Crippen LogP contribution in [-0.2, 0) is 30.5 Å². The van der Waals surface area contributed by atoms with E-state index in [2.05, 4.69) is 17.2 Å². The maximum Gasteiger partial charge on any atom is 0.310 e. The summed E-state index contributed by atoms with van der Waals surface area (Å²) < 4.78 is 16.4. The van der Waals surface area contributed by atoms with Gasteiger partial charge in [0, 0.05) is 12.1 Å². The number of hydrogen-bond donors (Lipinski definition) is 2. The third-order valence-electron chi connectivity index (χ3n) is 6.71. The molecule has 12 heteroatoms. The van der Waals surface area contributed by atoms with Crippen LogP contribution in [0.4, 0.5) is 0 Å². The van der Waals surface area contributed by atoms with Crippen molar-refractivity contribution < 1.29 is 33.4 Å². The molecule has 2 saturated heterocycles. The predicted molar refractivity (Wildman–Crippen MR) is 151 cm³/mol. The first-order chi connectivity index (χ1) is 19.7. The van der Waals surface area contributed by atoms with Crippen molar-refractivity contribution in [3.05, 3.63) is 76.3 Å². The van der Waals surface area contributed by atoms with Gasteiger partial charge in [-0.15, -0.1) is 0 Å². The molecule has 2 N–H and O–H groups in total. The molecule has 2 aliphatic heterocycles. The lowest BCUT2D eigenvalue weighted by Gasteiger charge is -2.28. The highest BCUT2D eigenvalue weighted by atomic mass is 35.5. The highest BCUT2D eigenvalue weighted by Gasteiger charge is 2.41. The molecule has 0 aliphatic carbocycles. The van der Waals surface area contributed by atoms with Gasteiger partial charge in [0.05, 0.1) is 23.1 Å². The summed E-state index contributed by atoms with van der Waals surface area (Å²) in [5, 5.41) is 5.75. The summed E-state index contributed by atoms with van der Waals surface area (Å²) in [5.74, 6) is -1.66. The number of hydrogen-bond acceptors (Lipinski definition) is 7. The minimum Gasteiger partial charge on any atom is -0.486 e. The van der Waals surface area contributed by atoms with Crippen LogP contribution in [0.25, 0.3) is 0 Å². The number of nitrogens with zero attached hydrogens (tertiary/aromatic N) is 1. The van der Waals surface area contributed by atoms with Crippen LogP contribution in [0.3, 0.4) is 0 Å². The predicted octanol–water partition coefficient (Wildman–Crippen LogP) is 3.64. The van der Waals surface area contributed by atoms with E-state index in [1.54, 1.807) is 0 Å². The Hall–Kier alpha value is -3.60. The maximum atomic E-state index is 13.3. The van der Waals surface area contributed by atoms with E-state index in [4.69, 9.17) is 37.4 Å². The molecule has 218 valence electrons. The zero-order valence-corrected chi connectivity index (χ0v) is 24.0. The standard InChI is InChI=1S/C29H31Cl2N3O7/c1-3-12-39-25-20(30)13-19(14-21(25)31)26(36)32-17(2)28(38)34-11-7-10-23(34)27(37)33-22-15-24(35)41-29(22)40-16-18-8-5-4-6-9-18/h3-6,8-9,13-14,17,22-23,29H,1,7,10-12,15-16H2,2H3,(H,32,36)(H,33,37)/t17-,22-,23-,29?/m0/s1. The molecule has 2 aromatic carbocycles. The van der Waals surface area contributed by atoms with E-state index < -0.39 is 48.1 Å². The number of benzene rings is 2. The SMILES string of the molecule is C=CCOc1c(Cl)cc(C(=O)N[C@@H](C)C(=O)N2CCC[C@H]2C(=O)N[C@H]2CC(=O)OC2OCc2ccccc2)cc1Cl. The molecule has 0 aromatic heterocycles. The van der Waals surface area contributed by atoms with Gasteiger partial charge < -0.3 is 29.7 Å². The van der Waals surface area contributed by atoms with Gasteiger partial charge in [0.1, 0.15) is 24.7 Å². The second-order valence-electron chi connectivity index (χ2n) is 9.73. The second-order valence-corrected chi connectivity index (χ2v) is 10.5. The Bertz CT molecular complexity index is 1280. The third-order valence-corrected chi connectivity index (χ3v) is 7.27. The summed E-state index contributed by atoms with van der Waals surface area (Å²) in [5.41, 5.74) is 1.04. The van der Waals surface area contributed by atoms with Gasteiger partial charge >= 0.3 is 5.97 Å². The van der Waals surface area contributed by atoms with Crippen molar-refractivity contribution in [2.75, 3.05) is 13.2 Å². The number of carbonyl (C=O) groups is 4. The fraction of sp³-hybridized carbons (Fsp3) is 0.379. The van der Waals surface area contributed by atoms with Gasteiger partial charge in [-0.1, -0.05) is 66.2 Å². The summed E-state index contributed by atoms with van der Waals surface area (Å²) in [6, 6.07) is 9.77. The van der Waals surface area contributed by atoms with Crippen molar-refractivity contribution in [1.82, 2.24) is 15.5 Å². The quantitative estimate of drug-likeness (QED) is 0.297. The average Bonchev–Trinajstić information content (AvgIpc) is 3.58. The van der Waals surface area contributed by atoms with Crippen LogP contribution in [0.1, 0.15) is 42.1 Å². The molecule has 2 fully saturated rings. The molecule has 3 amide bonds. The number of carbonyl (C=O) groups excluding carboxylic acids is 4. The van der Waals surface area contributed by atoms with Crippen LogP contribution in [0.2, 0.25) is 10.0 Å². The summed E-state index contributed by atoms with van der Waals surface area (Å²) in [7, 11) is 0. The number of nitrogens with one attached hydrogen (secondary N) is 2. The Kier molecular flexibility index (Phi) is 10.3. The van der Waals surface area contributed by atoms with Gasteiger partial charge in [0.25, 0.3) is 5.91 Å². The van der Waals surface area contributed by atoms with E-state index in [9.17, 15) is 19.2 Å². The van der Waals surface area contributed by atoms with Crippen molar-refractivity contribution in [2.45, 2.75) is 57.2 Å². The molecular formula is C29H31Cl2N3O7. The molecule has 1 unspecified atom stereocenters. The fourth-order valence-electron chi connectivity index (χ4n) is 4.70. The summed E-state index contributed by atoms with van der Waals surface area (Å²) in [6.07, 6.45) is 1.59. The minimum absolute atomic E-state index is 0.0408. The molecule has 0 spiro atoms. The molecule has 0 bridgehead atoms. The van der Waals surface area contributed by atoms with Crippen LogP contribution >= 0.6 is 23.2 Å². The van der Waals surface area contributed by atoms with Crippen LogP contribution in [0.5, 0.6) is 5.75 Å². The monoisotopic (exact) mass is 603 g/mol. The molecule has 2 heterocycles. The smallest absolute Gasteiger partial charge is 0.310 e. The van der Waals surface area contributed by atoms with E-state index in [1.807, 2.05) is 30.3 Å². The molecule has 0 radical (unpaired) electrons. The zero-order valence-electron chi connectivity index (χ0n) is 22.4. The average molecular weight is 604 g/mol. The van der Waals surface area contributed by atoms with E-state index in [0.717, 1.165) is 5.56 Å². The molecule has 0 saturated carbocycles. The van der Waals surface area contributed by atoms with Crippen LogP contribution in [0.15, 0.2) is 55.1 Å². The van der Waals surface area contributed by atoms with Crippen LogP contribution in [-0.4, -0.2) is 66.2 Å². The highest BCUT2D eigenvalue weighted by molar-refractivity contribution is 6.37. The topological polar surface area (TPSA) is 123 Å². The van der Waals surface area contributed by atoms with E-state index in [1.165, 1.54) is 30.0 Å². The summed E-state index contributed by atoms with van der Waals surface area (Å²) >= 11 is 12.5. The third kappa shape index (κ3) is 7.58. The largest absolute Gasteiger partial charge is 0.486 e. The Balaban J connectivity index is 1.35. The Morgan fingerprint density at radius 1 is 1.20 bits per heavy atom. The van der Waals surface area contributed by atoms with Crippen molar-refractivity contribution in [3.8, 4) is 5.75 Å². The lowest BCUT2D eigenvalue weighted by molar-refractivity contribution is -0.168. The summed E-state index contributed by atoms with van der Waals surface area (Å²) in [4.78, 5) is 52.8. The van der Waals surface area contributed by atoms with Gasteiger partial charge in [-0.3, -0.25) is 19.2 Å². The van der Waals surface area contributed by atoms with Gasteiger partial charge in [-0.25, -0.2) is 0 Å². The summed E-state index contributed by atoms with van der Waals surface area (Å²) in [6.45, 7) is 5.84. The molecule has 2 aromatic rings. The van der Waals surface area contributed by atoms with Crippen LogP contribution < -0.4 is 15.4 Å². The van der Waals surface area contributed by atoms with Crippen molar-refractivity contribution in [2.24, 2.45) is 0 Å². The fourth-order valence-corrected chi connectivity index (χ4v) is 5.30. The first-order valence-electron chi connectivity index (χ1n) is 13.2. The molecule has 2 aliphatic rings. The van der Waals surface area contributed by atoms with Crippen molar-refractivity contribution in [3.63, 3.8) is 0 Å². The van der Waals surface area contributed by atoms with Crippen molar-refractivity contribution >= 4 is 46.9 Å². The van der Waals surface area contributed by atoms with E-state index in [-0.39, 0.29) is 41.0 Å². The number of ether oxygens (including phenoxy) is 3. The number of likely N-dealkylation sites (tertiary alicyclic amines) is 1. The molecule has 10 nitrogen and oxygen atoms in total. The highest BCUT2D eigenvalue weighted by Crippen LogP contribution is 2.34. The van der Waals surface area contributed by atoms with Gasteiger partial charge in [-0.05, 0) is 37.5 Å². The van der Waals surface area contributed by atoms with E-state index in [0.29, 0.717) is 19.4 Å². The first-order valence-corrected chi connectivity index (χ1v) is 13.9. The number of esters is 1. The number of cyclic esters (lactones) is 1. The second kappa shape index (κ2) is 13.8. The Labute approximate surface area is 247 Å². The van der Waals surface area contributed by atoms with Gasteiger partial charge in [-0.2, -0.15) is 0 Å². The zero-order chi connectivity index (χ0) is 29.5. The van der Waals surface area contributed by atoms with Crippen LogP contribution in [0, 0.1) is 0 Å². The Morgan fingerprint density at radius 3 is 2.59 bits per heavy atom. The molecule has 4 atom stereocenters. The number of halogens is 2. The van der Waals surface area contributed by atoms with Gasteiger partial charge in [0.15, 0.2) is 5.75 Å². The number of amides is 3. The first kappa shape index (κ1) is 30.4.